The van der Waals surface area contributed by atoms with Gasteiger partial charge in [0.05, 0.1) is 17.7 Å². The number of ether oxygens (including phenoxy) is 1. The minimum Gasteiger partial charge on any atom is -0.496 e. The van der Waals surface area contributed by atoms with Crippen molar-refractivity contribution in [3.05, 3.63) is 76.7 Å². The number of benzene rings is 3. The molecular weight excluding hydrogens is 368 g/mol. The predicted molar refractivity (Wildman–Crippen MR) is 117 cm³/mol. The van der Waals surface area contributed by atoms with Crippen LogP contribution in [0.2, 0.25) is 0 Å². The first-order valence-electron chi connectivity index (χ1n) is 8.95. The van der Waals surface area contributed by atoms with E-state index in [1.54, 1.807) is 19.1 Å². The number of methoxy groups -OCH3 is 1. The van der Waals surface area contributed by atoms with Crippen LogP contribution in [0.1, 0.15) is 11.1 Å². The molecule has 4 nitrogen and oxygen atoms in total. The number of likely N-dealkylation sites (N-methyl/N-ethyl adjacent to an activating group) is 1. The lowest BCUT2D eigenvalue weighted by Gasteiger charge is -2.08. The lowest BCUT2D eigenvalue weighted by atomic mass is 10.0. The number of fused-ring (bicyclic) bond motifs is 1. The van der Waals surface area contributed by atoms with E-state index in [0.717, 1.165) is 27.8 Å². The van der Waals surface area contributed by atoms with Gasteiger partial charge in [-0.05, 0) is 53.9 Å². The average molecular weight is 388 g/mol. The van der Waals surface area contributed by atoms with Gasteiger partial charge in [0, 0.05) is 12.4 Å². The summed E-state index contributed by atoms with van der Waals surface area (Å²) in [5.74, 6) is 0.776. The van der Waals surface area contributed by atoms with Gasteiger partial charge in [0.25, 0.3) is 5.91 Å². The molecule has 0 atom stereocenters. The molecular formula is C23H20N2O2S. The summed E-state index contributed by atoms with van der Waals surface area (Å²) in [7, 11) is 3.42. The van der Waals surface area contributed by atoms with E-state index >= 15 is 0 Å². The van der Waals surface area contributed by atoms with Gasteiger partial charge in [0.2, 0.25) is 0 Å². The van der Waals surface area contributed by atoms with Crippen molar-refractivity contribution < 1.29 is 9.53 Å². The van der Waals surface area contributed by atoms with Crippen LogP contribution in [0, 0.1) is 6.92 Å². The van der Waals surface area contributed by atoms with Crippen LogP contribution in [-0.2, 0) is 4.79 Å². The number of thioether (sulfide) groups is 1. The van der Waals surface area contributed by atoms with Crippen LogP contribution in [0.3, 0.4) is 0 Å². The van der Waals surface area contributed by atoms with Gasteiger partial charge in [-0.2, -0.15) is 0 Å². The van der Waals surface area contributed by atoms with E-state index in [-0.39, 0.29) is 5.91 Å². The van der Waals surface area contributed by atoms with Crippen molar-refractivity contribution in [3.8, 4) is 5.75 Å². The van der Waals surface area contributed by atoms with Crippen LogP contribution >= 0.6 is 11.8 Å². The first-order valence-corrected chi connectivity index (χ1v) is 9.77. The monoisotopic (exact) mass is 388 g/mol. The summed E-state index contributed by atoms with van der Waals surface area (Å²) in [5, 5.41) is 2.75. The number of rotatable bonds is 3. The molecule has 0 spiro atoms. The van der Waals surface area contributed by atoms with Gasteiger partial charge in [-0.1, -0.05) is 48.0 Å². The highest BCUT2D eigenvalue weighted by Gasteiger charge is 2.30. The highest BCUT2D eigenvalue weighted by Crippen LogP contribution is 2.36. The second kappa shape index (κ2) is 7.52. The number of nitrogens with zero attached hydrogens (tertiary/aromatic N) is 2. The molecule has 0 aromatic heterocycles. The molecule has 0 radical (unpaired) electrons. The maximum Gasteiger partial charge on any atom is 0.266 e. The number of hydrogen-bond donors (Lipinski definition) is 0. The first-order chi connectivity index (χ1) is 13.6. The van der Waals surface area contributed by atoms with Gasteiger partial charge >= 0.3 is 0 Å². The Morgan fingerprint density at radius 3 is 2.43 bits per heavy atom. The molecule has 0 aliphatic carbocycles. The minimum absolute atomic E-state index is 0.0456. The van der Waals surface area contributed by atoms with Crippen molar-refractivity contribution in [2.45, 2.75) is 6.92 Å². The lowest BCUT2D eigenvalue weighted by Crippen LogP contribution is -2.23. The Morgan fingerprint density at radius 2 is 1.71 bits per heavy atom. The van der Waals surface area contributed by atoms with Crippen LogP contribution in [0.15, 0.2) is 70.6 Å². The Morgan fingerprint density at radius 1 is 1.00 bits per heavy atom. The molecule has 1 saturated heterocycles. The van der Waals surface area contributed by atoms with Gasteiger partial charge in [0.15, 0.2) is 5.17 Å². The van der Waals surface area contributed by atoms with E-state index in [2.05, 4.69) is 4.99 Å². The maximum absolute atomic E-state index is 12.8. The number of amidine groups is 1. The molecule has 3 aromatic rings. The van der Waals surface area contributed by atoms with Crippen LogP contribution < -0.4 is 4.74 Å². The van der Waals surface area contributed by atoms with E-state index in [1.165, 1.54) is 17.3 Å². The first kappa shape index (κ1) is 18.3. The molecule has 28 heavy (non-hydrogen) atoms. The topological polar surface area (TPSA) is 41.9 Å². The summed E-state index contributed by atoms with van der Waals surface area (Å²) < 4.78 is 5.46. The third-order valence-electron chi connectivity index (χ3n) is 4.69. The number of hydrogen-bond acceptors (Lipinski definition) is 4. The highest BCUT2D eigenvalue weighted by atomic mass is 32.2. The molecule has 5 heteroatoms. The SMILES string of the molecule is COc1ccc(/C=C2/SC(=Nc3ccc(C)cc3)N(C)C2=O)c2ccccc12. The summed E-state index contributed by atoms with van der Waals surface area (Å²) in [6.45, 7) is 2.04. The van der Waals surface area contributed by atoms with E-state index < -0.39 is 0 Å². The Kier molecular flexibility index (Phi) is 4.92. The molecule has 1 amide bonds. The Labute approximate surface area is 168 Å². The van der Waals surface area contributed by atoms with E-state index in [1.807, 2.05) is 73.7 Å². The minimum atomic E-state index is -0.0456. The summed E-state index contributed by atoms with van der Waals surface area (Å²) in [6, 6.07) is 19.9. The van der Waals surface area contributed by atoms with E-state index in [0.29, 0.717) is 10.1 Å². The number of amides is 1. The summed E-state index contributed by atoms with van der Waals surface area (Å²) >= 11 is 1.40. The van der Waals surface area contributed by atoms with Gasteiger partial charge < -0.3 is 4.74 Å². The largest absolute Gasteiger partial charge is 0.496 e. The molecule has 4 rings (SSSR count). The smallest absolute Gasteiger partial charge is 0.266 e. The number of carbonyl (C=O) groups is 1. The Hall–Kier alpha value is -3.05. The number of aryl methyl sites for hydroxylation is 1. The lowest BCUT2D eigenvalue weighted by molar-refractivity contribution is -0.121. The van der Waals surface area contributed by atoms with Crippen molar-refractivity contribution in [3.63, 3.8) is 0 Å². The highest BCUT2D eigenvalue weighted by molar-refractivity contribution is 8.18. The van der Waals surface area contributed by atoms with Gasteiger partial charge in [-0.3, -0.25) is 9.69 Å². The fourth-order valence-corrected chi connectivity index (χ4v) is 4.10. The van der Waals surface area contributed by atoms with E-state index in [9.17, 15) is 4.79 Å². The third-order valence-corrected chi connectivity index (χ3v) is 5.75. The van der Waals surface area contributed by atoms with Crippen molar-refractivity contribution in [1.29, 1.82) is 0 Å². The normalized spacial score (nSPS) is 17.1. The molecule has 1 aliphatic heterocycles. The summed E-state index contributed by atoms with van der Waals surface area (Å²) in [4.78, 5) is 19.6. The van der Waals surface area contributed by atoms with Crippen molar-refractivity contribution in [2.75, 3.05) is 14.2 Å². The fraction of sp³-hybridized carbons (Fsp3) is 0.130. The average Bonchev–Trinajstić information content (AvgIpc) is 2.98. The van der Waals surface area contributed by atoms with Crippen molar-refractivity contribution in [2.24, 2.45) is 4.99 Å². The fourth-order valence-electron chi connectivity index (χ4n) is 3.12. The van der Waals surface area contributed by atoms with Gasteiger partial charge in [0.1, 0.15) is 5.75 Å². The second-order valence-corrected chi connectivity index (χ2v) is 7.62. The molecule has 3 aromatic carbocycles. The standard InChI is InChI=1S/C23H20N2O2S/c1-15-8-11-17(12-9-15)24-23-25(2)22(26)21(28-23)14-16-10-13-20(27-3)19-7-5-4-6-18(16)19/h4-14H,1-3H3/b21-14+,24-23?. The number of carbonyl (C=O) groups excluding carboxylic acids is 1. The Bertz CT molecular complexity index is 1120. The molecule has 0 saturated carbocycles. The summed E-state index contributed by atoms with van der Waals surface area (Å²) in [5.41, 5.74) is 3.00. The van der Waals surface area contributed by atoms with Crippen molar-refractivity contribution >= 4 is 45.4 Å². The van der Waals surface area contributed by atoms with E-state index in [4.69, 9.17) is 4.74 Å². The van der Waals surface area contributed by atoms with Crippen LogP contribution in [-0.4, -0.2) is 30.1 Å². The molecule has 0 N–H and O–H groups in total. The Balaban J connectivity index is 1.72. The van der Waals surface area contributed by atoms with Gasteiger partial charge in [-0.25, -0.2) is 4.99 Å². The number of aliphatic imine (C=N–C) groups is 1. The van der Waals surface area contributed by atoms with Crippen LogP contribution in [0.4, 0.5) is 5.69 Å². The zero-order valence-corrected chi connectivity index (χ0v) is 16.8. The molecule has 0 unspecified atom stereocenters. The molecule has 1 fully saturated rings. The van der Waals surface area contributed by atoms with Crippen LogP contribution in [0.25, 0.3) is 16.8 Å². The summed E-state index contributed by atoms with van der Waals surface area (Å²) in [6.07, 6.45) is 1.93. The zero-order valence-electron chi connectivity index (χ0n) is 16.0. The molecule has 0 bridgehead atoms. The predicted octanol–water partition coefficient (Wildman–Crippen LogP) is 5.39. The van der Waals surface area contributed by atoms with Crippen molar-refractivity contribution in [1.82, 2.24) is 4.90 Å². The third kappa shape index (κ3) is 3.41. The van der Waals surface area contributed by atoms with Crippen LogP contribution in [0.5, 0.6) is 5.75 Å². The molecule has 1 heterocycles. The maximum atomic E-state index is 12.8. The second-order valence-electron chi connectivity index (χ2n) is 6.61. The zero-order chi connectivity index (χ0) is 19.7. The molecule has 140 valence electrons. The van der Waals surface area contributed by atoms with Gasteiger partial charge in [-0.15, -0.1) is 0 Å². The quantitative estimate of drug-likeness (QED) is 0.565. The molecule has 1 aliphatic rings.